The Balaban J connectivity index is 1.68. The number of ether oxygens (including phenoxy) is 6. The van der Waals surface area contributed by atoms with Gasteiger partial charge in [0.05, 0.1) is 18.7 Å². The topological polar surface area (TPSA) is 165 Å². The summed E-state index contributed by atoms with van der Waals surface area (Å²) in [5.41, 5.74) is 0.900. The van der Waals surface area contributed by atoms with Crippen molar-refractivity contribution in [1.29, 1.82) is 0 Å². The monoisotopic (exact) mass is 613 g/mol. The molecule has 14 heteroatoms. The van der Waals surface area contributed by atoms with Crippen molar-refractivity contribution in [2.45, 2.75) is 70.0 Å². The van der Waals surface area contributed by atoms with Crippen LogP contribution in [-0.4, -0.2) is 85.3 Å². The van der Waals surface area contributed by atoms with E-state index in [1.807, 2.05) is 0 Å². The number of hydrogen-bond donors (Lipinski definition) is 0. The molecule has 44 heavy (non-hydrogen) atoms. The molecule has 0 aliphatic carbocycles. The van der Waals surface area contributed by atoms with Crippen molar-refractivity contribution in [3.8, 4) is 0 Å². The van der Waals surface area contributed by atoms with Crippen LogP contribution in [0.3, 0.4) is 0 Å². The highest BCUT2D eigenvalue weighted by Crippen LogP contribution is 2.35. The lowest BCUT2D eigenvalue weighted by Crippen LogP contribution is -2.66. The summed E-state index contributed by atoms with van der Waals surface area (Å²) in [7, 11) is 2.68. The molecule has 2 aliphatic heterocycles. The minimum absolute atomic E-state index is 0.145. The zero-order valence-corrected chi connectivity index (χ0v) is 24.7. The summed E-state index contributed by atoms with van der Waals surface area (Å²) in [6.45, 7) is 3.33. The van der Waals surface area contributed by atoms with Crippen molar-refractivity contribution in [3.05, 3.63) is 66.0 Å². The molecule has 0 saturated carbocycles. The first-order valence-electron chi connectivity index (χ1n) is 13.7. The van der Waals surface area contributed by atoms with E-state index in [4.69, 9.17) is 28.4 Å². The number of carbonyl (C=O) groups excluding carboxylic acids is 6. The molecule has 2 aliphatic rings. The van der Waals surface area contributed by atoms with E-state index in [2.05, 4.69) is 0 Å². The Labute approximate surface area is 252 Å². The molecule has 3 heterocycles. The molecule has 1 amide bonds. The number of benzene rings is 1. The second-order valence-corrected chi connectivity index (χ2v) is 10.2. The number of amides is 1. The molecule has 14 nitrogen and oxygen atoms in total. The van der Waals surface area contributed by atoms with E-state index in [-0.39, 0.29) is 6.42 Å². The van der Waals surface area contributed by atoms with Crippen LogP contribution in [-0.2, 0) is 52.4 Å². The first-order valence-corrected chi connectivity index (χ1v) is 13.7. The smallest absolute Gasteiger partial charge is 0.339 e. The standard InChI is InChI=1S/C30H33N2O12/c1-16(33)40-23-24(41-17(2)34)26(30(38)39-5)44-28(25(23)42-18(3)35)32-13-9-12-20(15-32)21-14-22(27(36)31(21)4)43-29(37)19-10-7-6-8-11-19/h6-13,15,21-26,28H,14H2,1-5H3/q+1/t21-,22+,23+,24+,25-,26+,28-/m0/s1. The van der Waals surface area contributed by atoms with Crippen LogP contribution in [0.4, 0.5) is 0 Å². The van der Waals surface area contributed by atoms with E-state index in [1.54, 1.807) is 61.9 Å². The maximum atomic E-state index is 13.1. The molecule has 2 aromatic rings. The number of esters is 5. The van der Waals surface area contributed by atoms with Crippen LogP contribution in [0.1, 0.15) is 55.4 Å². The molecule has 4 rings (SSSR count). The highest BCUT2D eigenvalue weighted by Gasteiger charge is 2.58. The molecule has 7 atom stereocenters. The van der Waals surface area contributed by atoms with Crippen LogP contribution in [0, 0.1) is 0 Å². The molecule has 0 N–H and O–H groups in total. The molecule has 2 saturated heterocycles. The van der Waals surface area contributed by atoms with Gasteiger partial charge in [0.1, 0.15) is 0 Å². The molecule has 2 fully saturated rings. The summed E-state index contributed by atoms with van der Waals surface area (Å²) in [6, 6.07) is 11.1. The molecule has 0 spiro atoms. The van der Waals surface area contributed by atoms with Crippen LogP contribution >= 0.6 is 0 Å². The number of nitrogens with zero attached hydrogens (tertiary/aromatic N) is 2. The molecule has 0 bridgehead atoms. The third kappa shape index (κ3) is 7.02. The average Bonchev–Trinajstić information content (AvgIpc) is 3.26. The van der Waals surface area contributed by atoms with Crippen LogP contribution in [0.25, 0.3) is 0 Å². The number of carbonyl (C=O) groups is 6. The van der Waals surface area contributed by atoms with Gasteiger partial charge < -0.3 is 28.6 Å². The molecule has 1 aromatic carbocycles. The van der Waals surface area contributed by atoms with Gasteiger partial charge in [-0.3, -0.25) is 23.9 Å². The lowest BCUT2D eigenvalue weighted by atomic mass is 9.96. The van der Waals surface area contributed by atoms with E-state index >= 15 is 0 Å². The zero-order valence-electron chi connectivity index (χ0n) is 24.7. The Bertz CT molecular complexity index is 1430. The van der Waals surface area contributed by atoms with E-state index < -0.39 is 78.5 Å². The van der Waals surface area contributed by atoms with Gasteiger partial charge in [-0.15, -0.1) is 0 Å². The zero-order chi connectivity index (χ0) is 32.1. The van der Waals surface area contributed by atoms with Crippen LogP contribution in [0.5, 0.6) is 0 Å². The molecule has 0 unspecified atom stereocenters. The fraction of sp³-hybridized carbons (Fsp3) is 0.433. The highest BCUT2D eigenvalue weighted by atomic mass is 16.7. The predicted octanol–water partition coefficient (Wildman–Crippen LogP) is 0.968. The Morgan fingerprint density at radius 2 is 1.45 bits per heavy atom. The Morgan fingerprint density at radius 3 is 2.07 bits per heavy atom. The van der Waals surface area contributed by atoms with Crippen molar-refractivity contribution in [2.75, 3.05) is 14.2 Å². The second-order valence-electron chi connectivity index (χ2n) is 10.2. The Kier molecular flexibility index (Phi) is 9.94. The minimum Gasteiger partial charge on any atom is -0.467 e. The largest absolute Gasteiger partial charge is 0.467 e. The van der Waals surface area contributed by atoms with Gasteiger partial charge in [-0.2, -0.15) is 4.57 Å². The number of hydrogen-bond acceptors (Lipinski definition) is 12. The number of likely N-dealkylation sites (tertiary alicyclic amines) is 1. The quantitative estimate of drug-likeness (QED) is 0.236. The molecule has 1 aromatic heterocycles. The van der Waals surface area contributed by atoms with E-state index in [1.165, 1.54) is 9.47 Å². The van der Waals surface area contributed by atoms with Crippen molar-refractivity contribution in [3.63, 3.8) is 0 Å². The normalized spacial score (nSPS) is 26.3. The lowest BCUT2D eigenvalue weighted by Gasteiger charge is -2.40. The van der Waals surface area contributed by atoms with Gasteiger partial charge in [-0.1, -0.05) is 18.2 Å². The number of rotatable bonds is 8. The number of pyridine rings is 1. The third-order valence-electron chi connectivity index (χ3n) is 7.16. The molecule has 0 radical (unpaired) electrons. The van der Waals surface area contributed by atoms with Gasteiger partial charge in [-0.25, -0.2) is 9.59 Å². The minimum atomic E-state index is -1.57. The molecule has 234 valence electrons. The SMILES string of the molecule is COC(=O)[C@@H]1O[C@H]([n+]2cccc([C@@H]3C[C@@H](OC(=O)c4ccccc4)C(=O)N3C)c2)[C@@H](OC(C)=O)[C@H](OC(C)=O)[C@H]1OC(C)=O. The van der Waals surface area contributed by atoms with Crippen LogP contribution in [0.2, 0.25) is 0 Å². The summed E-state index contributed by atoms with van der Waals surface area (Å²) in [6.07, 6.45) is -4.94. The number of aromatic nitrogens is 1. The van der Waals surface area contributed by atoms with Gasteiger partial charge in [-0.05, 0) is 18.2 Å². The van der Waals surface area contributed by atoms with Crippen LogP contribution < -0.4 is 4.57 Å². The summed E-state index contributed by atoms with van der Waals surface area (Å²) >= 11 is 0. The molecular weight excluding hydrogens is 580 g/mol. The van der Waals surface area contributed by atoms with Crippen molar-refractivity contribution < 1.29 is 61.8 Å². The average molecular weight is 614 g/mol. The number of methoxy groups -OCH3 is 1. The van der Waals surface area contributed by atoms with Crippen molar-refractivity contribution in [2.24, 2.45) is 0 Å². The van der Waals surface area contributed by atoms with Crippen molar-refractivity contribution >= 4 is 35.8 Å². The summed E-state index contributed by atoms with van der Waals surface area (Å²) in [4.78, 5) is 76.2. The van der Waals surface area contributed by atoms with E-state index in [0.29, 0.717) is 11.1 Å². The first kappa shape index (κ1) is 32.1. The van der Waals surface area contributed by atoms with Gasteiger partial charge in [0, 0.05) is 45.9 Å². The lowest BCUT2D eigenvalue weighted by molar-refractivity contribution is -0.776. The maximum absolute atomic E-state index is 13.1. The van der Waals surface area contributed by atoms with Gasteiger partial charge in [0.2, 0.25) is 12.2 Å². The second kappa shape index (κ2) is 13.6. The summed E-state index contributed by atoms with van der Waals surface area (Å²) in [5.74, 6) is -4.33. The fourth-order valence-electron chi connectivity index (χ4n) is 5.27. The van der Waals surface area contributed by atoms with E-state index in [0.717, 1.165) is 27.9 Å². The highest BCUT2D eigenvalue weighted by molar-refractivity contribution is 5.93. The predicted molar refractivity (Wildman–Crippen MR) is 145 cm³/mol. The van der Waals surface area contributed by atoms with Gasteiger partial charge >= 0.3 is 36.1 Å². The Morgan fingerprint density at radius 1 is 0.841 bits per heavy atom. The summed E-state index contributed by atoms with van der Waals surface area (Å²) < 4.78 is 34.2. The summed E-state index contributed by atoms with van der Waals surface area (Å²) in [5, 5.41) is 0. The maximum Gasteiger partial charge on any atom is 0.339 e. The van der Waals surface area contributed by atoms with Crippen molar-refractivity contribution in [1.82, 2.24) is 4.90 Å². The Hall–Kier alpha value is -4.85. The third-order valence-corrected chi connectivity index (χ3v) is 7.16. The van der Waals surface area contributed by atoms with Gasteiger partial charge in [0.25, 0.3) is 5.91 Å². The first-order chi connectivity index (χ1) is 20.9. The number of likely N-dealkylation sites (N-methyl/N-ethyl adjacent to an activating group) is 1. The fourth-order valence-corrected chi connectivity index (χ4v) is 5.27. The van der Waals surface area contributed by atoms with E-state index in [9.17, 15) is 28.8 Å². The van der Waals surface area contributed by atoms with Gasteiger partial charge in [0.15, 0.2) is 30.7 Å². The molecular formula is C30H33N2O12+. The van der Waals surface area contributed by atoms with Crippen LogP contribution in [0.15, 0.2) is 54.9 Å².